The summed E-state index contributed by atoms with van der Waals surface area (Å²) in [6.45, 7) is 0.588. The van der Waals surface area contributed by atoms with Crippen molar-refractivity contribution in [3.63, 3.8) is 0 Å². The highest BCUT2D eigenvalue weighted by Crippen LogP contribution is 2.32. The molecule has 0 aromatic heterocycles. The minimum Gasteiger partial charge on any atom is -0.479 e. The second-order valence-electron chi connectivity index (χ2n) is 4.99. The fourth-order valence-electron chi connectivity index (χ4n) is 2.65. The summed E-state index contributed by atoms with van der Waals surface area (Å²) < 4.78 is 5.16. The molecule has 1 aromatic carbocycles. The number of nitriles is 1. The van der Waals surface area contributed by atoms with Crippen LogP contribution in [0.15, 0.2) is 24.3 Å². The smallest absolute Gasteiger partial charge is 0.227 e. The standard InChI is InChI=1S/C15H19N3O2/c16-8-9-20-13-6-4-12(5-7-13)18-15(19)14-3-1-2-11(14)10-17/h4-7,11,14H,1-3,9-10,17H2,(H,18,19). The number of anilines is 1. The van der Waals surface area contributed by atoms with E-state index >= 15 is 0 Å². The minimum atomic E-state index is 0.0198. The van der Waals surface area contributed by atoms with Gasteiger partial charge >= 0.3 is 0 Å². The molecule has 2 rings (SSSR count). The molecule has 0 spiro atoms. The Labute approximate surface area is 118 Å². The van der Waals surface area contributed by atoms with Crippen molar-refractivity contribution < 1.29 is 9.53 Å². The van der Waals surface area contributed by atoms with Crippen LogP contribution in [-0.2, 0) is 4.79 Å². The average Bonchev–Trinajstić information content (AvgIpc) is 2.95. The van der Waals surface area contributed by atoms with Crippen LogP contribution in [0, 0.1) is 23.2 Å². The van der Waals surface area contributed by atoms with Crippen molar-refractivity contribution in [2.75, 3.05) is 18.5 Å². The summed E-state index contributed by atoms with van der Waals surface area (Å²) in [7, 11) is 0. The summed E-state index contributed by atoms with van der Waals surface area (Å²) in [5.41, 5.74) is 6.44. The Morgan fingerprint density at radius 2 is 2.15 bits per heavy atom. The van der Waals surface area contributed by atoms with Gasteiger partial charge in [-0.25, -0.2) is 0 Å². The summed E-state index contributed by atoms with van der Waals surface area (Å²) in [6, 6.07) is 8.93. The number of ether oxygens (including phenoxy) is 1. The van der Waals surface area contributed by atoms with Gasteiger partial charge in [0.1, 0.15) is 11.8 Å². The van der Waals surface area contributed by atoms with Gasteiger partial charge in [-0.1, -0.05) is 6.42 Å². The van der Waals surface area contributed by atoms with E-state index in [9.17, 15) is 4.79 Å². The van der Waals surface area contributed by atoms with Gasteiger partial charge in [-0.05, 0) is 49.6 Å². The lowest BCUT2D eigenvalue weighted by Gasteiger charge is -2.17. The van der Waals surface area contributed by atoms with E-state index in [1.54, 1.807) is 24.3 Å². The minimum absolute atomic E-state index is 0.0198. The maximum Gasteiger partial charge on any atom is 0.227 e. The van der Waals surface area contributed by atoms with E-state index in [0.29, 0.717) is 18.2 Å². The zero-order valence-electron chi connectivity index (χ0n) is 11.3. The fourth-order valence-corrected chi connectivity index (χ4v) is 2.65. The zero-order chi connectivity index (χ0) is 14.4. The molecule has 0 saturated heterocycles. The number of benzene rings is 1. The fraction of sp³-hybridized carbons (Fsp3) is 0.467. The molecule has 1 aromatic rings. The molecule has 106 valence electrons. The first kappa shape index (κ1) is 14.4. The predicted octanol–water partition coefficient (Wildman–Crippen LogP) is 1.90. The third-order valence-corrected chi connectivity index (χ3v) is 3.72. The normalized spacial score (nSPS) is 21.2. The van der Waals surface area contributed by atoms with Gasteiger partial charge < -0.3 is 15.8 Å². The number of nitrogens with two attached hydrogens (primary N) is 1. The first-order valence-electron chi connectivity index (χ1n) is 6.85. The van der Waals surface area contributed by atoms with Crippen LogP contribution in [0.4, 0.5) is 5.69 Å². The summed E-state index contributed by atoms with van der Waals surface area (Å²) >= 11 is 0. The average molecular weight is 273 g/mol. The number of amides is 1. The molecule has 5 nitrogen and oxygen atoms in total. The Hall–Kier alpha value is -2.06. The summed E-state index contributed by atoms with van der Waals surface area (Å²) in [6.07, 6.45) is 3.02. The largest absolute Gasteiger partial charge is 0.479 e. The molecular formula is C15H19N3O2. The van der Waals surface area contributed by atoms with E-state index in [1.807, 2.05) is 6.07 Å². The molecule has 5 heteroatoms. The third-order valence-electron chi connectivity index (χ3n) is 3.72. The van der Waals surface area contributed by atoms with Gasteiger partial charge in [0.15, 0.2) is 6.61 Å². The van der Waals surface area contributed by atoms with Crippen LogP contribution in [0.5, 0.6) is 5.75 Å². The van der Waals surface area contributed by atoms with Crippen LogP contribution in [0.1, 0.15) is 19.3 Å². The van der Waals surface area contributed by atoms with Crippen molar-refractivity contribution in [2.45, 2.75) is 19.3 Å². The number of nitrogens with zero attached hydrogens (tertiary/aromatic N) is 1. The lowest BCUT2D eigenvalue weighted by molar-refractivity contribution is -0.120. The summed E-state index contributed by atoms with van der Waals surface area (Å²) in [5.74, 6) is 0.983. The Balaban J connectivity index is 1.92. The monoisotopic (exact) mass is 273 g/mol. The van der Waals surface area contributed by atoms with Crippen molar-refractivity contribution in [1.29, 1.82) is 5.26 Å². The van der Waals surface area contributed by atoms with Crippen molar-refractivity contribution >= 4 is 11.6 Å². The van der Waals surface area contributed by atoms with Crippen molar-refractivity contribution in [3.8, 4) is 11.8 Å². The first-order chi connectivity index (χ1) is 9.74. The predicted molar refractivity (Wildman–Crippen MR) is 76.1 cm³/mol. The molecule has 2 atom stereocenters. The third kappa shape index (κ3) is 3.49. The molecular weight excluding hydrogens is 254 g/mol. The highest BCUT2D eigenvalue weighted by Gasteiger charge is 2.31. The molecule has 1 fully saturated rings. The van der Waals surface area contributed by atoms with E-state index < -0.39 is 0 Å². The second kappa shape index (κ2) is 6.92. The maximum atomic E-state index is 12.2. The number of nitrogens with one attached hydrogen (secondary N) is 1. The molecule has 1 aliphatic carbocycles. The van der Waals surface area contributed by atoms with Crippen LogP contribution in [0.2, 0.25) is 0 Å². The highest BCUT2D eigenvalue weighted by molar-refractivity contribution is 5.93. The molecule has 2 unspecified atom stereocenters. The molecule has 1 saturated carbocycles. The van der Waals surface area contributed by atoms with E-state index in [2.05, 4.69) is 5.32 Å². The van der Waals surface area contributed by atoms with Crippen molar-refractivity contribution in [1.82, 2.24) is 0 Å². The van der Waals surface area contributed by atoms with Crippen LogP contribution < -0.4 is 15.8 Å². The zero-order valence-corrected chi connectivity index (χ0v) is 11.3. The van der Waals surface area contributed by atoms with Crippen LogP contribution in [0.25, 0.3) is 0 Å². The molecule has 1 amide bonds. The van der Waals surface area contributed by atoms with Gasteiger partial charge in [0.2, 0.25) is 5.91 Å². The van der Waals surface area contributed by atoms with Gasteiger partial charge in [-0.15, -0.1) is 0 Å². The first-order valence-corrected chi connectivity index (χ1v) is 6.85. The van der Waals surface area contributed by atoms with Gasteiger partial charge in [0, 0.05) is 11.6 Å². The quantitative estimate of drug-likeness (QED) is 0.857. The Kier molecular flexibility index (Phi) is 4.97. The molecule has 0 radical (unpaired) electrons. The molecule has 0 aliphatic heterocycles. The van der Waals surface area contributed by atoms with Crippen LogP contribution in [0.3, 0.4) is 0 Å². The number of rotatable bonds is 5. The molecule has 0 bridgehead atoms. The molecule has 0 heterocycles. The lowest BCUT2D eigenvalue weighted by Crippen LogP contribution is -2.29. The van der Waals surface area contributed by atoms with Crippen LogP contribution in [-0.4, -0.2) is 19.1 Å². The van der Waals surface area contributed by atoms with E-state index in [1.165, 1.54) is 0 Å². The number of hydrogen-bond acceptors (Lipinski definition) is 4. The summed E-state index contributed by atoms with van der Waals surface area (Å²) in [4.78, 5) is 12.2. The van der Waals surface area contributed by atoms with E-state index in [0.717, 1.165) is 24.9 Å². The SMILES string of the molecule is N#CCOc1ccc(NC(=O)C2CCCC2CN)cc1. The maximum absolute atomic E-state index is 12.2. The molecule has 20 heavy (non-hydrogen) atoms. The van der Waals surface area contributed by atoms with Gasteiger partial charge in [-0.3, -0.25) is 4.79 Å². The second-order valence-corrected chi connectivity index (χ2v) is 4.99. The van der Waals surface area contributed by atoms with Crippen molar-refractivity contribution in [2.24, 2.45) is 17.6 Å². The highest BCUT2D eigenvalue weighted by atomic mass is 16.5. The number of carbonyl (C=O) groups excluding carboxylic acids is 1. The Bertz CT molecular complexity index is 493. The lowest BCUT2D eigenvalue weighted by atomic mass is 9.95. The van der Waals surface area contributed by atoms with Gasteiger partial charge in [-0.2, -0.15) is 5.26 Å². The Morgan fingerprint density at radius 1 is 1.40 bits per heavy atom. The topological polar surface area (TPSA) is 88.1 Å². The van der Waals surface area contributed by atoms with Gasteiger partial charge in [0.05, 0.1) is 0 Å². The molecule has 3 N–H and O–H groups in total. The number of hydrogen-bond donors (Lipinski definition) is 2. The molecule has 1 aliphatic rings. The van der Waals surface area contributed by atoms with Crippen LogP contribution >= 0.6 is 0 Å². The van der Waals surface area contributed by atoms with E-state index in [-0.39, 0.29) is 18.4 Å². The van der Waals surface area contributed by atoms with Gasteiger partial charge in [0.25, 0.3) is 0 Å². The van der Waals surface area contributed by atoms with E-state index in [4.69, 9.17) is 15.7 Å². The number of carbonyl (C=O) groups is 1. The Morgan fingerprint density at radius 3 is 2.80 bits per heavy atom. The van der Waals surface area contributed by atoms with Crippen molar-refractivity contribution in [3.05, 3.63) is 24.3 Å². The summed E-state index contributed by atoms with van der Waals surface area (Å²) in [5, 5.41) is 11.3.